The standard InChI is InChI=1S/C17H19F3N6O2/c1-10(17(18,19)20)28-14-13(11-8-21-22-9-11)2-5-26-15(14)24-16(25-26)23-12-3-6-27-7-4-12/h2,5,8-10,12H,3-4,6-7H2,1H3,(H,21,22)(H,23,25)/t10-/m0/s1. The predicted octanol–water partition coefficient (Wildman–Crippen LogP) is 3.04. The fourth-order valence-electron chi connectivity index (χ4n) is 2.99. The van der Waals surface area contributed by atoms with Crippen LogP contribution in [0, 0.1) is 0 Å². The number of rotatable bonds is 5. The quantitative estimate of drug-likeness (QED) is 0.689. The van der Waals surface area contributed by atoms with Gasteiger partial charge in [-0.15, -0.1) is 5.10 Å². The molecule has 1 fully saturated rings. The summed E-state index contributed by atoms with van der Waals surface area (Å²) >= 11 is 0. The lowest BCUT2D eigenvalue weighted by atomic mass is 10.1. The van der Waals surface area contributed by atoms with Gasteiger partial charge in [0.2, 0.25) is 5.95 Å². The van der Waals surface area contributed by atoms with Crippen molar-refractivity contribution in [3.63, 3.8) is 0 Å². The molecular formula is C17H19F3N6O2. The monoisotopic (exact) mass is 396 g/mol. The van der Waals surface area contributed by atoms with E-state index < -0.39 is 12.3 Å². The summed E-state index contributed by atoms with van der Waals surface area (Å²) in [7, 11) is 0. The summed E-state index contributed by atoms with van der Waals surface area (Å²) in [4.78, 5) is 4.39. The number of halogens is 3. The molecule has 1 aliphatic rings. The van der Waals surface area contributed by atoms with Gasteiger partial charge in [0.05, 0.1) is 6.20 Å². The van der Waals surface area contributed by atoms with E-state index in [0.717, 1.165) is 19.8 Å². The van der Waals surface area contributed by atoms with Gasteiger partial charge in [-0.1, -0.05) is 0 Å². The molecule has 0 amide bonds. The van der Waals surface area contributed by atoms with Crippen molar-refractivity contribution < 1.29 is 22.6 Å². The Balaban J connectivity index is 1.73. The fraction of sp³-hybridized carbons (Fsp3) is 0.471. The number of aromatic nitrogens is 5. The van der Waals surface area contributed by atoms with Gasteiger partial charge >= 0.3 is 6.18 Å². The van der Waals surface area contributed by atoms with E-state index in [9.17, 15) is 13.2 Å². The fourth-order valence-corrected chi connectivity index (χ4v) is 2.99. The first-order valence-corrected chi connectivity index (χ1v) is 8.88. The molecule has 0 spiro atoms. The minimum Gasteiger partial charge on any atom is -0.477 e. The van der Waals surface area contributed by atoms with E-state index in [1.807, 2.05) is 0 Å². The number of nitrogens with one attached hydrogen (secondary N) is 2. The molecule has 8 nitrogen and oxygen atoms in total. The van der Waals surface area contributed by atoms with Crippen LogP contribution >= 0.6 is 0 Å². The van der Waals surface area contributed by atoms with Gasteiger partial charge in [0.1, 0.15) is 0 Å². The van der Waals surface area contributed by atoms with E-state index in [-0.39, 0.29) is 17.4 Å². The lowest BCUT2D eigenvalue weighted by Gasteiger charge is -2.22. The molecule has 0 aromatic carbocycles. The topological polar surface area (TPSA) is 89.4 Å². The van der Waals surface area contributed by atoms with Crippen LogP contribution < -0.4 is 10.1 Å². The number of anilines is 1. The molecule has 3 aromatic heterocycles. The van der Waals surface area contributed by atoms with Gasteiger partial charge in [0.25, 0.3) is 0 Å². The Morgan fingerprint density at radius 3 is 2.82 bits per heavy atom. The zero-order valence-electron chi connectivity index (χ0n) is 15.0. The number of alkyl halides is 3. The first-order valence-electron chi connectivity index (χ1n) is 8.88. The smallest absolute Gasteiger partial charge is 0.425 e. The molecule has 11 heteroatoms. The summed E-state index contributed by atoms with van der Waals surface area (Å²) in [5.41, 5.74) is 1.24. The second-order valence-corrected chi connectivity index (χ2v) is 6.58. The number of ether oxygens (including phenoxy) is 2. The van der Waals surface area contributed by atoms with Crippen molar-refractivity contribution in [1.82, 2.24) is 24.8 Å². The molecule has 1 saturated heterocycles. The van der Waals surface area contributed by atoms with E-state index >= 15 is 0 Å². The van der Waals surface area contributed by atoms with E-state index in [2.05, 4.69) is 25.6 Å². The van der Waals surface area contributed by atoms with E-state index in [1.54, 1.807) is 18.5 Å². The summed E-state index contributed by atoms with van der Waals surface area (Å²) < 4.78 is 51.4. The predicted molar refractivity (Wildman–Crippen MR) is 94.2 cm³/mol. The highest BCUT2D eigenvalue weighted by molar-refractivity contribution is 5.77. The molecule has 4 rings (SSSR count). The second-order valence-electron chi connectivity index (χ2n) is 6.58. The minimum atomic E-state index is -4.51. The molecule has 0 bridgehead atoms. The van der Waals surface area contributed by atoms with Gasteiger partial charge in [0, 0.05) is 42.8 Å². The van der Waals surface area contributed by atoms with Crippen molar-refractivity contribution >= 4 is 11.6 Å². The van der Waals surface area contributed by atoms with Crippen molar-refractivity contribution in [2.45, 2.75) is 38.1 Å². The molecule has 150 valence electrons. The Kier molecular flexibility index (Phi) is 4.84. The minimum absolute atomic E-state index is 0.00116. The van der Waals surface area contributed by atoms with Crippen LogP contribution in [0.4, 0.5) is 19.1 Å². The first-order chi connectivity index (χ1) is 13.4. The van der Waals surface area contributed by atoms with Crippen LogP contribution in [-0.2, 0) is 4.74 Å². The molecule has 4 heterocycles. The Morgan fingerprint density at radius 1 is 1.36 bits per heavy atom. The third kappa shape index (κ3) is 3.75. The summed E-state index contributed by atoms with van der Waals surface area (Å²) in [6, 6.07) is 1.78. The van der Waals surface area contributed by atoms with Crippen LogP contribution in [0.5, 0.6) is 5.75 Å². The maximum atomic E-state index is 13.1. The number of aromatic amines is 1. The van der Waals surface area contributed by atoms with Crippen LogP contribution in [0.2, 0.25) is 0 Å². The third-order valence-electron chi connectivity index (χ3n) is 4.58. The Morgan fingerprint density at radius 2 is 2.14 bits per heavy atom. The maximum absolute atomic E-state index is 13.1. The second kappa shape index (κ2) is 7.30. The van der Waals surface area contributed by atoms with Gasteiger partial charge in [-0.25, -0.2) is 4.52 Å². The highest BCUT2D eigenvalue weighted by Gasteiger charge is 2.39. The van der Waals surface area contributed by atoms with Crippen LogP contribution in [0.1, 0.15) is 19.8 Å². The average molecular weight is 396 g/mol. The number of pyridine rings is 1. The van der Waals surface area contributed by atoms with Crippen LogP contribution in [-0.4, -0.2) is 56.3 Å². The van der Waals surface area contributed by atoms with Crippen LogP contribution in [0.3, 0.4) is 0 Å². The molecular weight excluding hydrogens is 377 g/mol. The Labute approximate surface area is 158 Å². The lowest BCUT2D eigenvalue weighted by molar-refractivity contribution is -0.188. The molecule has 0 saturated carbocycles. The van der Waals surface area contributed by atoms with Gasteiger partial charge in [-0.2, -0.15) is 23.3 Å². The molecule has 0 aliphatic carbocycles. The third-order valence-corrected chi connectivity index (χ3v) is 4.58. The normalized spacial score (nSPS) is 17.0. The number of hydrogen-bond donors (Lipinski definition) is 2. The number of hydrogen-bond acceptors (Lipinski definition) is 6. The number of nitrogens with zero attached hydrogens (tertiary/aromatic N) is 4. The Hall–Kier alpha value is -2.82. The lowest BCUT2D eigenvalue weighted by Crippen LogP contribution is -2.31. The maximum Gasteiger partial charge on any atom is 0.425 e. The highest BCUT2D eigenvalue weighted by Crippen LogP contribution is 2.36. The molecule has 0 unspecified atom stereocenters. The molecule has 1 atom stereocenters. The molecule has 1 aliphatic heterocycles. The van der Waals surface area contributed by atoms with Crippen LogP contribution in [0.15, 0.2) is 24.7 Å². The zero-order valence-corrected chi connectivity index (χ0v) is 15.0. The first kappa shape index (κ1) is 18.5. The number of H-pyrrole nitrogens is 1. The number of fused-ring (bicyclic) bond motifs is 1. The van der Waals surface area contributed by atoms with Crippen molar-refractivity contribution in [2.75, 3.05) is 18.5 Å². The SMILES string of the molecule is C[C@H](Oc1c(-c2cn[nH]c2)ccn2nc(NC3CCOCC3)nc12)C(F)(F)F. The van der Waals surface area contributed by atoms with Crippen LogP contribution in [0.25, 0.3) is 16.8 Å². The van der Waals surface area contributed by atoms with E-state index in [4.69, 9.17) is 9.47 Å². The van der Waals surface area contributed by atoms with Gasteiger partial charge in [-0.05, 0) is 25.8 Å². The van der Waals surface area contributed by atoms with Crippen molar-refractivity contribution in [3.8, 4) is 16.9 Å². The van der Waals surface area contributed by atoms with E-state index in [0.29, 0.717) is 30.3 Å². The summed E-state index contributed by atoms with van der Waals surface area (Å²) in [5.74, 6) is 0.335. The van der Waals surface area contributed by atoms with Crippen molar-refractivity contribution in [1.29, 1.82) is 0 Å². The highest BCUT2D eigenvalue weighted by atomic mass is 19.4. The Bertz CT molecular complexity index is 934. The van der Waals surface area contributed by atoms with Gasteiger partial charge < -0.3 is 14.8 Å². The molecule has 3 aromatic rings. The van der Waals surface area contributed by atoms with Crippen molar-refractivity contribution in [3.05, 3.63) is 24.7 Å². The van der Waals surface area contributed by atoms with Crippen molar-refractivity contribution in [2.24, 2.45) is 0 Å². The summed E-state index contributed by atoms with van der Waals surface area (Å²) in [5, 5.41) is 14.1. The zero-order chi connectivity index (χ0) is 19.7. The molecule has 2 N–H and O–H groups in total. The summed E-state index contributed by atoms with van der Waals surface area (Å²) in [6.45, 7) is 2.25. The van der Waals surface area contributed by atoms with Gasteiger partial charge in [-0.3, -0.25) is 5.10 Å². The summed E-state index contributed by atoms with van der Waals surface area (Å²) in [6.07, 6.45) is -0.181. The largest absolute Gasteiger partial charge is 0.477 e. The van der Waals surface area contributed by atoms with E-state index in [1.165, 1.54) is 10.7 Å². The molecule has 0 radical (unpaired) electrons. The molecule has 28 heavy (non-hydrogen) atoms. The van der Waals surface area contributed by atoms with Gasteiger partial charge in [0.15, 0.2) is 17.5 Å². The average Bonchev–Trinajstić information content (AvgIpc) is 3.31.